The van der Waals surface area contributed by atoms with Crippen LogP contribution in [0.5, 0.6) is 0 Å². The Morgan fingerprint density at radius 2 is 1.78 bits per heavy atom. The molecule has 0 spiro atoms. The number of hydrogen-bond donors (Lipinski definition) is 0. The van der Waals surface area contributed by atoms with Crippen molar-refractivity contribution in [3.8, 4) is 0 Å². The van der Waals surface area contributed by atoms with Gasteiger partial charge in [-0.1, -0.05) is 51.5 Å². The second-order valence-electron chi connectivity index (χ2n) is 3.09. The molecule has 0 aromatic heterocycles. The van der Waals surface area contributed by atoms with Crippen molar-refractivity contribution >= 4 is 51.5 Å². The van der Waals surface area contributed by atoms with Crippen molar-refractivity contribution in [1.29, 1.82) is 0 Å². The first-order valence-corrected chi connectivity index (χ1v) is 8.54. The van der Waals surface area contributed by atoms with Gasteiger partial charge in [0.2, 0.25) is 0 Å². The fourth-order valence-electron chi connectivity index (χ4n) is 0.200. The minimum Gasteiger partial charge on any atom is -0.110 e. The summed E-state index contributed by atoms with van der Waals surface area (Å²) in [5, 5.41) is 0.817. The van der Waals surface area contributed by atoms with Crippen molar-refractivity contribution in [2.45, 2.75) is 23.0 Å². The van der Waals surface area contributed by atoms with Crippen LogP contribution >= 0.6 is 43.5 Å². The molecular formula is C5H11Br2ClSi. The molecule has 0 rings (SSSR count). The Hall–Kier alpha value is 1.47. The van der Waals surface area contributed by atoms with E-state index in [0.717, 1.165) is 5.33 Å². The summed E-state index contributed by atoms with van der Waals surface area (Å²) in [7, 11) is -1.25. The first-order chi connectivity index (χ1) is 3.81. The van der Waals surface area contributed by atoms with Gasteiger partial charge in [-0.25, -0.2) is 0 Å². The molecule has 56 valence electrons. The molecule has 0 aromatic carbocycles. The molecule has 9 heavy (non-hydrogen) atoms. The van der Waals surface area contributed by atoms with Crippen LogP contribution in [0.25, 0.3) is 0 Å². The SMILES string of the molecule is C[Si](C)(C)C(Cl)(Br)CBr. The number of halogens is 3. The molecule has 0 aliphatic carbocycles. The van der Waals surface area contributed by atoms with Gasteiger partial charge in [0, 0.05) is 5.33 Å². The highest BCUT2D eigenvalue weighted by molar-refractivity contribution is 9.13. The first kappa shape index (κ1) is 10.5. The first-order valence-electron chi connectivity index (χ1n) is 2.75. The molecule has 0 aliphatic rings. The summed E-state index contributed by atoms with van der Waals surface area (Å²) in [6, 6.07) is 0. The van der Waals surface area contributed by atoms with Gasteiger partial charge in [0.15, 0.2) is 0 Å². The lowest BCUT2D eigenvalue weighted by atomic mass is 10.9. The van der Waals surface area contributed by atoms with Crippen LogP contribution < -0.4 is 0 Å². The zero-order chi connectivity index (χ0) is 7.71. The lowest BCUT2D eigenvalue weighted by molar-refractivity contribution is 1.25. The van der Waals surface area contributed by atoms with Gasteiger partial charge in [0.25, 0.3) is 0 Å². The van der Waals surface area contributed by atoms with E-state index in [4.69, 9.17) is 11.6 Å². The van der Waals surface area contributed by atoms with E-state index >= 15 is 0 Å². The molecule has 0 aromatic rings. The second kappa shape index (κ2) is 3.24. The van der Waals surface area contributed by atoms with E-state index < -0.39 is 8.07 Å². The third kappa shape index (κ3) is 2.91. The number of rotatable bonds is 2. The van der Waals surface area contributed by atoms with E-state index in [1.807, 2.05) is 0 Å². The standard InChI is InChI=1S/C5H11Br2ClSi/c1-9(2,3)5(7,8)4-6/h4H2,1-3H3. The van der Waals surface area contributed by atoms with E-state index in [1.165, 1.54) is 0 Å². The highest BCUT2D eigenvalue weighted by atomic mass is 79.9. The maximum Gasteiger partial charge on any atom is 0.0984 e. The molecule has 0 nitrogen and oxygen atoms in total. The Kier molecular flexibility index (Phi) is 3.77. The Labute approximate surface area is 79.6 Å². The number of alkyl halides is 3. The molecule has 1 atom stereocenters. The van der Waals surface area contributed by atoms with E-state index in [2.05, 4.69) is 51.5 Å². The van der Waals surface area contributed by atoms with Crippen LogP contribution in [0.15, 0.2) is 0 Å². The molecule has 0 heterocycles. The summed E-state index contributed by atoms with van der Waals surface area (Å²) in [5.41, 5.74) is 0. The highest BCUT2D eigenvalue weighted by Gasteiger charge is 2.38. The summed E-state index contributed by atoms with van der Waals surface area (Å²) < 4.78 is -0.181. The van der Waals surface area contributed by atoms with Crippen LogP contribution in [0.2, 0.25) is 19.6 Å². The molecule has 0 saturated carbocycles. The summed E-state index contributed by atoms with van der Waals surface area (Å²) in [4.78, 5) is 0. The normalized spacial score (nSPS) is 19.3. The van der Waals surface area contributed by atoms with E-state index in [9.17, 15) is 0 Å². The summed E-state index contributed by atoms with van der Waals surface area (Å²) >= 11 is 13.0. The second-order valence-corrected chi connectivity index (χ2v) is 12.5. The Bertz CT molecular complexity index is 97.6. The summed E-state index contributed by atoms with van der Waals surface area (Å²) in [6.07, 6.45) is 0. The van der Waals surface area contributed by atoms with Crippen LogP contribution in [0.3, 0.4) is 0 Å². The van der Waals surface area contributed by atoms with Crippen molar-refractivity contribution in [2.24, 2.45) is 0 Å². The Morgan fingerprint density at radius 1 is 1.44 bits per heavy atom. The van der Waals surface area contributed by atoms with Gasteiger partial charge >= 0.3 is 0 Å². The van der Waals surface area contributed by atoms with Crippen molar-refractivity contribution in [3.05, 3.63) is 0 Å². The minimum absolute atomic E-state index is 0.181. The zero-order valence-corrected chi connectivity index (χ0v) is 10.8. The van der Waals surface area contributed by atoms with Crippen molar-refractivity contribution in [2.75, 3.05) is 5.33 Å². The lowest BCUT2D eigenvalue weighted by Crippen LogP contribution is -2.43. The molecule has 4 heteroatoms. The molecule has 0 saturated heterocycles. The molecule has 0 fully saturated rings. The minimum atomic E-state index is -1.25. The van der Waals surface area contributed by atoms with Gasteiger partial charge in [0.1, 0.15) is 0 Å². The van der Waals surface area contributed by atoms with Crippen LogP contribution in [-0.4, -0.2) is 16.8 Å². The van der Waals surface area contributed by atoms with Gasteiger partial charge in [-0.2, -0.15) is 0 Å². The van der Waals surface area contributed by atoms with E-state index in [-0.39, 0.29) is 3.41 Å². The van der Waals surface area contributed by atoms with Crippen LogP contribution in [0.1, 0.15) is 0 Å². The van der Waals surface area contributed by atoms with Crippen LogP contribution in [0, 0.1) is 0 Å². The third-order valence-corrected chi connectivity index (χ3v) is 11.8. The molecule has 0 bridgehead atoms. The molecule has 0 aliphatic heterocycles. The van der Waals surface area contributed by atoms with Crippen LogP contribution in [-0.2, 0) is 0 Å². The molecule has 1 unspecified atom stereocenters. The highest BCUT2D eigenvalue weighted by Crippen LogP contribution is 2.35. The monoisotopic (exact) mass is 292 g/mol. The average Bonchev–Trinajstić information content (AvgIpc) is 1.64. The topological polar surface area (TPSA) is 0 Å². The average molecular weight is 294 g/mol. The third-order valence-electron chi connectivity index (χ3n) is 1.27. The smallest absolute Gasteiger partial charge is 0.0984 e. The Balaban J connectivity index is 4.14. The van der Waals surface area contributed by atoms with E-state index in [0.29, 0.717) is 0 Å². The predicted molar refractivity (Wildman–Crippen MR) is 54.7 cm³/mol. The maximum absolute atomic E-state index is 6.13. The predicted octanol–water partition coefficient (Wildman–Crippen LogP) is 3.59. The fourth-order valence-corrected chi connectivity index (χ4v) is 3.12. The molecule has 0 amide bonds. The van der Waals surface area contributed by atoms with Gasteiger partial charge in [0.05, 0.1) is 11.5 Å². The van der Waals surface area contributed by atoms with Crippen LogP contribution in [0.4, 0.5) is 0 Å². The molecule has 0 radical (unpaired) electrons. The fraction of sp³-hybridized carbons (Fsp3) is 1.00. The zero-order valence-electron chi connectivity index (χ0n) is 5.84. The molecule has 0 N–H and O–H groups in total. The van der Waals surface area contributed by atoms with E-state index in [1.54, 1.807) is 0 Å². The van der Waals surface area contributed by atoms with Gasteiger partial charge < -0.3 is 0 Å². The van der Waals surface area contributed by atoms with Crippen molar-refractivity contribution < 1.29 is 0 Å². The largest absolute Gasteiger partial charge is 0.110 e. The van der Waals surface area contributed by atoms with Gasteiger partial charge in [-0.05, 0) is 0 Å². The lowest BCUT2D eigenvalue weighted by Gasteiger charge is -2.30. The van der Waals surface area contributed by atoms with Crippen molar-refractivity contribution in [1.82, 2.24) is 0 Å². The quantitative estimate of drug-likeness (QED) is 0.539. The number of hydrogen-bond acceptors (Lipinski definition) is 0. The van der Waals surface area contributed by atoms with Gasteiger partial charge in [-0.3, -0.25) is 0 Å². The summed E-state index contributed by atoms with van der Waals surface area (Å²) in [5.74, 6) is 0. The maximum atomic E-state index is 6.13. The molecular weight excluding hydrogens is 283 g/mol. The van der Waals surface area contributed by atoms with Gasteiger partial charge in [-0.15, -0.1) is 11.6 Å². The van der Waals surface area contributed by atoms with Crippen molar-refractivity contribution in [3.63, 3.8) is 0 Å². The summed E-state index contributed by atoms with van der Waals surface area (Å²) in [6.45, 7) is 6.70. The Morgan fingerprint density at radius 3 is 1.78 bits per heavy atom.